The lowest BCUT2D eigenvalue weighted by molar-refractivity contribution is 0.427. The Balaban J connectivity index is 1.46. The monoisotopic (exact) mass is 430 g/mol. The van der Waals surface area contributed by atoms with E-state index in [-0.39, 0.29) is 11.3 Å². The summed E-state index contributed by atoms with van der Waals surface area (Å²) in [6, 6.07) is 10.5. The van der Waals surface area contributed by atoms with Crippen LogP contribution < -0.4 is 15.4 Å². The molecule has 7 nitrogen and oxygen atoms in total. The van der Waals surface area contributed by atoms with Crippen molar-refractivity contribution in [3.05, 3.63) is 60.4 Å². The maximum atomic E-state index is 15.2. The molecule has 0 radical (unpaired) electrons. The Morgan fingerprint density at radius 1 is 1.19 bits per heavy atom. The minimum atomic E-state index is -0.444. The van der Waals surface area contributed by atoms with Crippen LogP contribution in [-0.4, -0.2) is 38.1 Å². The Bertz CT molecular complexity index is 1350. The number of hydrogen-bond donors (Lipinski definition) is 1. The minimum absolute atomic E-state index is 0.0107. The van der Waals surface area contributed by atoms with Gasteiger partial charge in [0.1, 0.15) is 17.8 Å². The van der Waals surface area contributed by atoms with Crippen molar-refractivity contribution in [1.29, 1.82) is 0 Å². The number of rotatable bonds is 5. The van der Waals surface area contributed by atoms with Crippen LogP contribution in [0.4, 0.5) is 10.2 Å². The molecular formula is C24H23FN6O. The zero-order valence-corrected chi connectivity index (χ0v) is 17.8. The van der Waals surface area contributed by atoms with Gasteiger partial charge in [0.05, 0.1) is 5.54 Å². The van der Waals surface area contributed by atoms with Crippen LogP contribution in [0.25, 0.3) is 22.2 Å². The predicted molar refractivity (Wildman–Crippen MR) is 120 cm³/mol. The molecule has 162 valence electrons. The predicted octanol–water partition coefficient (Wildman–Crippen LogP) is 4.04. The first-order valence-corrected chi connectivity index (χ1v) is 10.8. The van der Waals surface area contributed by atoms with Crippen LogP contribution in [0.3, 0.4) is 0 Å². The highest BCUT2D eigenvalue weighted by Crippen LogP contribution is 2.51. The maximum absolute atomic E-state index is 15.2. The van der Waals surface area contributed by atoms with Gasteiger partial charge in [-0.05, 0) is 43.5 Å². The molecule has 1 aromatic carbocycles. The van der Waals surface area contributed by atoms with Gasteiger partial charge in [-0.2, -0.15) is 0 Å². The standard InChI is InChI=1S/C24H23FN6O/c1-15-3-2-4-20(29-15)32-19-6-5-16(11-18(19)25)21-17-12-27-14-28-22(17)30-9-10-31(23(21)30)24(13-26)7-8-24/h2-6,11-12,14H,7-10,13,26H2,1H3. The third kappa shape index (κ3) is 2.86. The molecule has 0 atom stereocenters. The summed E-state index contributed by atoms with van der Waals surface area (Å²) < 4.78 is 23.1. The van der Waals surface area contributed by atoms with E-state index in [2.05, 4.69) is 24.4 Å². The minimum Gasteiger partial charge on any atom is -0.436 e. The second kappa shape index (κ2) is 7.00. The number of hydrogen-bond acceptors (Lipinski definition) is 6. The summed E-state index contributed by atoms with van der Waals surface area (Å²) in [7, 11) is 0. The molecule has 1 saturated carbocycles. The van der Waals surface area contributed by atoms with Crippen molar-refractivity contribution < 1.29 is 9.13 Å². The van der Waals surface area contributed by atoms with Crippen molar-refractivity contribution in [2.24, 2.45) is 5.73 Å². The van der Waals surface area contributed by atoms with Gasteiger partial charge in [0.25, 0.3) is 0 Å². The highest BCUT2D eigenvalue weighted by atomic mass is 19.1. The van der Waals surface area contributed by atoms with Gasteiger partial charge in [-0.15, -0.1) is 0 Å². The van der Waals surface area contributed by atoms with E-state index in [0.29, 0.717) is 12.4 Å². The fraction of sp³-hybridized carbons (Fsp3) is 0.292. The van der Waals surface area contributed by atoms with Gasteiger partial charge >= 0.3 is 0 Å². The van der Waals surface area contributed by atoms with Crippen LogP contribution in [0, 0.1) is 12.7 Å². The molecule has 1 aliphatic carbocycles. The van der Waals surface area contributed by atoms with Crippen molar-refractivity contribution >= 4 is 16.9 Å². The quantitative estimate of drug-likeness (QED) is 0.515. The smallest absolute Gasteiger partial charge is 0.219 e. The molecule has 1 fully saturated rings. The molecule has 0 spiro atoms. The van der Waals surface area contributed by atoms with Crippen LogP contribution in [0.15, 0.2) is 48.9 Å². The van der Waals surface area contributed by atoms with Crippen molar-refractivity contribution in [3.8, 4) is 22.8 Å². The number of benzene rings is 1. The first-order chi connectivity index (χ1) is 15.6. The van der Waals surface area contributed by atoms with Gasteiger partial charge in [-0.1, -0.05) is 12.1 Å². The molecule has 0 bridgehead atoms. The molecule has 8 heteroatoms. The Morgan fingerprint density at radius 3 is 2.81 bits per heavy atom. The van der Waals surface area contributed by atoms with E-state index in [1.54, 1.807) is 18.5 Å². The molecule has 3 aromatic heterocycles. The highest BCUT2D eigenvalue weighted by molar-refractivity contribution is 6.02. The normalized spacial score (nSPS) is 16.4. The second-order valence-corrected chi connectivity index (χ2v) is 8.55. The van der Waals surface area contributed by atoms with E-state index in [4.69, 9.17) is 10.5 Å². The lowest BCUT2D eigenvalue weighted by Gasteiger charge is -2.29. The number of fused-ring (bicyclic) bond motifs is 3. The number of aryl methyl sites for hydroxylation is 1. The van der Waals surface area contributed by atoms with Crippen LogP contribution in [-0.2, 0) is 6.54 Å². The number of nitrogens with zero attached hydrogens (tertiary/aromatic N) is 5. The summed E-state index contributed by atoms with van der Waals surface area (Å²) in [5.41, 5.74) is 9.53. The number of pyridine rings is 1. The van der Waals surface area contributed by atoms with E-state index in [0.717, 1.165) is 59.6 Å². The summed E-state index contributed by atoms with van der Waals surface area (Å²) in [4.78, 5) is 15.5. The molecule has 1 aliphatic heterocycles. The van der Waals surface area contributed by atoms with Gasteiger partial charge < -0.3 is 19.9 Å². The topological polar surface area (TPSA) is 82.1 Å². The molecule has 0 amide bonds. The average Bonchev–Trinajstić information content (AvgIpc) is 3.36. The molecule has 6 rings (SSSR count). The van der Waals surface area contributed by atoms with Gasteiger partial charge in [-0.3, -0.25) is 0 Å². The Hall–Kier alpha value is -3.52. The van der Waals surface area contributed by atoms with Crippen molar-refractivity contribution in [1.82, 2.24) is 19.5 Å². The Kier molecular flexibility index (Phi) is 4.19. The third-order valence-electron chi connectivity index (χ3n) is 6.58. The highest BCUT2D eigenvalue weighted by Gasteiger charge is 2.50. The first kappa shape index (κ1) is 19.2. The van der Waals surface area contributed by atoms with Crippen molar-refractivity contribution in [2.45, 2.75) is 31.8 Å². The lowest BCUT2D eigenvalue weighted by atomic mass is 10.0. The van der Waals surface area contributed by atoms with Crippen LogP contribution in [0.2, 0.25) is 0 Å². The van der Waals surface area contributed by atoms with E-state index >= 15 is 4.39 Å². The Labute approximate surface area is 184 Å². The molecule has 2 N–H and O–H groups in total. The molecule has 4 aromatic rings. The fourth-order valence-electron chi connectivity index (χ4n) is 4.77. The second-order valence-electron chi connectivity index (χ2n) is 8.55. The third-order valence-corrected chi connectivity index (χ3v) is 6.58. The van der Waals surface area contributed by atoms with E-state index < -0.39 is 5.82 Å². The summed E-state index contributed by atoms with van der Waals surface area (Å²) in [5.74, 6) is 1.11. The van der Waals surface area contributed by atoms with Crippen LogP contribution in [0.5, 0.6) is 11.6 Å². The summed E-state index contributed by atoms with van der Waals surface area (Å²) in [5, 5.41) is 0.911. The van der Waals surface area contributed by atoms with Crippen molar-refractivity contribution in [2.75, 3.05) is 18.0 Å². The number of halogens is 1. The molecule has 2 aliphatic rings. The van der Waals surface area contributed by atoms with E-state index in [1.165, 1.54) is 6.07 Å². The summed E-state index contributed by atoms with van der Waals surface area (Å²) in [6.45, 7) is 4.17. The number of aromatic nitrogens is 4. The fourth-order valence-corrected chi connectivity index (χ4v) is 4.77. The molecule has 0 unspecified atom stereocenters. The zero-order chi connectivity index (χ0) is 21.9. The number of nitrogens with two attached hydrogens (primary N) is 1. The Morgan fingerprint density at radius 2 is 2.06 bits per heavy atom. The van der Waals surface area contributed by atoms with Gasteiger partial charge in [0.15, 0.2) is 11.6 Å². The molecule has 4 heterocycles. The largest absolute Gasteiger partial charge is 0.436 e. The van der Waals surface area contributed by atoms with Gasteiger partial charge in [0.2, 0.25) is 5.88 Å². The molecule has 0 saturated heterocycles. The van der Waals surface area contributed by atoms with E-state index in [1.807, 2.05) is 31.3 Å². The average molecular weight is 430 g/mol. The molecular weight excluding hydrogens is 407 g/mol. The van der Waals surface area contributed by atoms with Gasteiger partial charge in [0, 0.05) is 48.5 Å². The van der Waals surface area contributed by atoms with Crippen LogP contribution >= 0.6 is 0 Å². The SMILES string of the molecule is Cc1cccc(Oc2ccc(-c3c4n(c5ncncc35)CCN4C3(CN)CC3)cc2F)n1. The lowest BCUT2D eigenvalue weighted by Crippen LogP contribution is -2.42. The zero-order valence-electron chi connectivity index (χ0n) is 17.8. The first-order valence-electron chi connectivity index (χ1n) is 10.8. The maximum Gasteiger partial charge on any atom is 0.219 e. The molecule has 32 heavy (non-hydrogen) atoms. The van der Waals surface area contributed by atoms with Crippen molar-refractivity contribution in [3.63, 3.8) is 0 Å². The van der Waals surface area contributed by atoms with Gasteiger partial charge in [-0.25, -0.2) is 19.3 Å². The summed E-state index contributed by atoms with van der Waals surface area (Å²) >= 11 is 0. The van der Waals surface area contributed by atoms with E-state index in [9.17, 15) is 0 Å². The number of ether oxygens (including phenoxy) is 1. The summed E-state index contributed by atoms with van der Waals surface area (Å²) in [6.07, 6.45) is 5.51. The number of anilines is 1. The van der Waals surface area contributed by atoms with Crippen LogP contribution in [0.1, 0.15) is 18.5 Å².